The third-order valence-corrected chi connectivity index (χ3v) is 3.34. The Bertz CT molecular complexity index is 547. The molecule has 1 aliphatic heterocycles. The summed E-state index contributed by atoms with van der Waals surface area (Å²) in [4.78, 5) is 24.5. The van der Waals surface area contributed by atoms with Crippen LogP contribution in [0.1, 0.15) is 36.2 Å². The van der Waals surface area contributed by atoms with E-state index in [2.05, 4.69) is 5.32 Å². The Balaban J connectivity index is 2.26. The molecule has 108 valence electrons. The van der Waals surface area contributed by atoms with E-state index in [4.69, 9.17) is 10.5 Å². The molecule has 2 rings (SSSR count). The summed E-state index contributed by atoms with van der Waals surface area (Å²) < 4.78 is 5.64. The van der Waals surface area contributed by atoms with Crippen LogP contribution in [0.3, 0.4) is 0 Å². The molecule has 1 aromatic carbocycles. The molecular weight excluding hydrogens is 256 g/mol. The molecule has 1 heterocycles. The van der Waals surface area contributed by atoms with Crippen molar-refractivity contribution in [3.05, 3.63) is 29.3 Å². The topological polar surface area (TPSA) is 81.4 Å². The van der Waals surface area contributed by atoms with E-state index < -0.39 is 11.6 Å². The van der Waals surface area contributed by atoms with Gasteiger partial charge in [-0.1, -0.05) is 12.1 Å². The normalized spacial score (nSPS) is 18.8. The lowest BCUT2D eigenvalue weighted by Crippen LogP contribution is -2.54. The molecule has 0 spiro atoms. The zero-order chi connectivity index (χ0) is 14.9. The van der Waals surface area contributed by atoms with Gasteiger partial charge in [0.1, 0.15) is 5.75 Å². The standard InChI is InChI=1S/C15H20N2O3/c1-9-5-4-6-10-12(18)11(7-8-20-13(9)10)17-14(19)15(2,3)16/h4-6,11H,7-8,16H2,1-3H3,(H,17,19). The molecule has 0 saturated heterocycles. The van der Waals surface area contributed by atoms with Gasteiger partial charge in [-0.05, 0) is 32.4 Å². The van der Waals surface area contributed by atoms with Crippen molar-refractivity contribution >= 4 is 11.7 Å². The second kappa shape index (κ2) is 5.25. The van der Waals surface area contributed by atoms with Crippen LogP contribution in [0, 0.1) is 6.92 Å². The van der Waals surface area contributed by atoms with Gasteiger partial charge >= 0.3 is 0 Å². The molecule has 20 heavy (non-hydrogen) atoms. The quantitative estimate of drug-likeness (QED) is 0.850. The number of ether oxygens (including phenoxy) is 1. The summed E-state index contributed by atoms with van der Waals surface area (Å²) in [5, 5.41) is 2.72. The van der Waals surface area contributed by atoms with Gasteiger partial charge in [0, 0.05) is 6.42 Å². The van der Waals surface area contributed by atoms with Gasteiger partial charge in [0.15, 0.2) is 5.78 Å². The first kappa shape index (κ1) is 14.5. The van der Waals surface area contributed by atoms with Crippen LogP contribution in [0.5, 0.6) is 5.75 Å². The predicted octanol–water partition coefficient (Wildman–Crippen LogP) is 1.18. The van der Waals surface area contributed by atoms with Crippen molar-refractivity contribution in [3.63, 3.8) is 0 Å². The zero-order valence-corrected chi connectivity index (χ0v) is 12.0. The number of amides is 1. The van der Waals surface area contributed by atoms with E-state index in [1.807, 2.05) is 19.1 Å². The van der Waals surface area contributed by atoms with Gasteiger partial charge in [-0.3, -0.25) is 9.59 Å². The van der Waals surface area contributed by atoms with Gasteiger partial charge in [0.25, 0.3) is 0 Å². The van der Waals surface area contributed by atoms with Crippen molar-refractivity contribution in [2.24, 2.45) is 5.73 Å². The first-order valence-corrected chi connectivity index (χ1v) is 6.67. The van der Waals surface area contributed by atoms with Crippen LogP contribution in [-0.4, -0.2) is 29.9 Å². The number of rotatable bonds is 2. The van der Waals surface area contributed by atoms with Crippen LogP contribution < -0.4 is 15.8 Å². The molecule has 0 aromatic heterocycles. The summed E-state index contributed by atoms with van der Waals surface area (Å²) in [6.07, 6.45) is 0.439. The van der Waals surface area contributed by atoms with E-state index in [0.717, 1.165) is 5.56 Å². The Labute approximate surface area is 118 Å². The van der Waals surface area contributed by atoms with Crippen molar-refractivity contribution in [1.82, 2.24) is 5.32 Å². The predicted molar refractivity (Wildman–Crippen MR) is 75.8 cm³/mol. The fourth-order valence-electron chi connectivity index (χ4n) is 2.12. The monoisotopic (exact) mass is 276 g/mol. The summed E-state index contributed by atoms with van der Waals surface area (Å²) in [7, 11) is 0. The molecule has 1 unspecified atom stereocenters. The van der Waals surface area contributed by atoms with E-state index in [9.17, 15) is 9.59 Å². The van der Waals surface area contributed by atoms with E-state index in [0.29, 0.717) is 24.3 Å². The van der Waals surface area contributed by atoms with Gasteiger partial charge in [-0.25, -0.2) is 0 Å². The fraction of sp³-hybridized carbons (Fsp3) is 0.467. The molecule has 1 aliphatic rings. The SMILES string of the molecule is Cc1cccc2c1OCCC(NC(=O)C(C)(C)N)C2=O. The lowest BCUT2D eigenvalue weighted by molar-refractivity contribution is -0.125. The van der Waals surface area contributed by atoms with Crippen LogP contribution in [0.2, 0.25) is 0 Å². The summed E-state index contributed by atoms with van der Waals surface area (Å²) in [5.74, 6) is 0.145. The van der Waals surface area contributed by atoms with Crippen LogP contribution in [0.4, 0.5) is 0 Å². The molecule has 0 fully saturated rings. The number of nitrogens with two attached hydrogens (primary N) is 1. The van der Waals surface area contributed by atoms with Gasteiger partial charge in [-0.2, -0.15) is 0 Å². The first-order valence-electron chi connectivity index (χ1n) is 6.67. The summed E-state index contributed by atoms with van der Waals surface area (Å²) >= 11 is 0. The number of Topliss-reactive ketones (excluding diaryl/α,β-unsaturated/α-hetero) is 1. The van der Waals surface area contributed by atoms with Crippen LogP contribution in [-0.2, 0) is 4.79 Å². The number of carbonyl (C=O) groups is 2. The Morgan fingerprint density at radius 1 is 1.45 bits per heavy atom. The highest BCUT2D eigenvalue weighted by Crippen LogP contribution is 2.27. The first-order chi connectivity index (χ1) is 9.30. The lowest BCUT2D eigenvalue weighted by atomic mass is 9.98. The van der Waals surface area contributed by atoms with Crippen LogP contribution in [0.25, 0.3) is 0 Å². The second-order valence-electron chi connectivity index (χ2n) is 5.70. The summed E-state index contributed by atoms with van der Waals surface area (Å²) in [6, 6.07) is 4.84. The van der Waals surface area contributed by atoms with Crippen molar-refractivity contribution in [3.8, 4) is 5.75 Å². The van der Waals surface area contributed by atoms with Gasteiger partial charge < -0.3 is 15.8 Å². The lowest BCUT2D eigenvalue weighted by Gasteiger charge is -2.22. The molecule has 1 amide bonds. The molecule has 1 atom stereocenters. The number of para-hydroxylation sites is 1. The average Bonchev–Trinajstić information content (AvgIpc) is 2.51. The number of aryl methyl sites for hydroxylation is 1. The molecule has 5 nitrogen and oxygen atoms in total. The summed E-state index contributed by atoms with van der Waals surface area (Å²) in [6.45, 7) is 5.50. The number of hydrogen-bond acceptors (Lipinski definition) is 4. The number of hydrogen-bond donors (Lipinski definition) is 2. The average molecular weight is 276 g/mol. The third-order valence-electron chi connectivity index (χ3n) is 3.34. The Morgan fingerprint density at radius 3 is 2.80 bits per heavy atom. The second-order valence-corrected chi connectivity index (χ2v) is 5.70. The largest absolute Gasteiger partial charge is 0.492 e. The van der Waals surface area contributed by atoms with Gasteiger partial charge in [-0.15, -0.1) is 0 Å². The molecule has 0 saturated carbocycles. The Kier molecular flexibility index (Phi) is 3.81. The van der Waals surface area contributed by atoms with E-state index in [1.165, 1.54) is 0 Å². The maximum Gasteiger partial charge on any atom is 0.240 e. The number of fused-ring (bicyclic) bond motifs is 1. The highest BCUT2D eigenvalue weighted by Gasteiger charge is 2.31. The molecule has 5 heteroatoms. The van der Waals surface area contributed by atoms with Crippen LogP contribution >= 0.6 is 0 Å². The van der Waals surface area contributed by atoms with E-state index in [1.54, 1.807) is 19.9 Å². The smallest absolute Gasteiger partial charge is 0.240 e. The molecule has 0 bridgehead atoms. The number of benzene rings is 1. The molecule has 0 aliphatic carbocycles. The molecule has 3 N–H and O–H groups in total. The van der Waals surface area contributed by atoms with Crippen molar-refractivity contribution in [1.29, 1.82) is 0 Å². The highest BCUT2D eigenvalue weighted by molar-refractivity contribution is 6.05. The minimum atomic E-state index is -1.01. The number of nitrogens with one attached hydrogen (secondary N) is 1. The minimum absolute atomic E-state index is 0.126. The highest BCUT2D eigenvalue weighted by atomic mass is 16.5. The maximum atomic E-state index is 12.5. The minimum Gasteiger partial charge on any atom is -0.492 e. The number of ketones is 1. The fourth-order valence-corrected chi connectivity index (χ4v) is 2.12. The van der Waals surface area contributed by atoms with E-state index in [-0.39, 0.29) is 11.7 Å². The third kappa shape index (κ3) is 2.82. The van der Waals surface area contributed by atoms with Crippen molar-refractivity contribution in [2.45, 2.75) is 38.8 Å². The van der Waals surface area contributed by atoms with Gasteiger partial charge in [0.2, 0.25) is 5.91 Å². The van der Waals surface area contributed by atoms with Gasteiger partial charge in [0.05, 0.1) is 23.8 Å². The molecule has 1 aromatic rings. The van der Waals surface area contributed by atoms with Crippen LogP contribution in [0.15, 0.2) is 18.2 Å². The Hall–Kier alpha value is -1.88. The zero-order valence-electron chi connectivity index (χ0n) is 12.0. The van der Waals surface area contributed by atoms with Crippen molar-refractivity contribution in [2.75, 3.05) is 6.61 Å². The number of carbonyl (C=O) groups excluding carboxylic acids is 2. The molecule has 0 radical (unpaired) electrons. The van der Waals surface area contributed by atoms with Crippen molar-refractivity contribution < 1.29 is 14.3 Å². The maximum absolute atomic E-state index is 12.5. The Morgan fingerprint density at radius 2 is 2.15 bits per heavy atom. The molecular formula is C15H20N2O3. The summed E-state index contributed by atoms with van der Waals surface area (Å²) in [5.41, 5.74) is 6.17. The van der Waals surface area contributed by atoms with E-state index >= 15 is 0 Å².